The van der Waals surface area contributed by atoms with Gasteiger partial charge in [0.05, 0.1) is 0 Å². The smallest absolute Gasteiger partial charge is 0.311 e. The third kappa shape index (κ3) is 9.45. The van der Waals surface area contributed by atoms with Crippen LogP contribution in [0.25, 0.3) is 0 Å². The second kappa shape index (κ2) is 14.3. The topological polar surface area (TPSA) is 55.4 Å². The largest absolute Gasteiger partial charge is 0.420 e. The first-order valence-corrected chi connectivity index (χ1v) is 11.3. The molecule has 0 saturated carbocycles. The van der Waals surface area contributed by atoms with Crippen molar-refractivity contribution in [1.82, 2.24) is 5.32 Å². The molecular weight excluding hydrogens is 441 g/mol. The van der Waals surface area contributed by atoms with Crippen LogP contribution >= 0.6 is 11.8 Å². The standard InChI is InChI=1S/C21H28F5NO3S/c1-3-31-13(2)9-6-4-5-7-12-27-14(28)10-8-11-15(29)30-21-19(25)17(23)16(22)18(24)20(21)26/h13H,3-12H2,1-2H3,(H,27,28). The van der Waals surface area contributed by atoms with Crippen molar-refractivity contribution in [2.24, 2.45) is 0 Å². The molecule has 31 heavy (non-hydrogen) atoms. The van der Waals surface area contributed by atoms with Gasteiger partial charge < -0.3 is 10.1 Å². The SMILES string of the molecule is CCSC(C)CCCCCCNC(=O)CCCC(=O)Oc1c(F)c(F)c(F)c(F)c1F. The lowest BCUT2D eigenvalue weighted by molar-refractivity contribution is -0.135. The number of benzene rings is 1. The van der Waals surface area contributed by atoms with Crippen molar-refractivity contribution in [1.29, 1.82) is 0 Å². The summed E-state index contributed by atoms with van der Waals surface area (Å²) in [6.07, 6.45) is 4.81. The Kier molecular flexibility index (Phi) is 12.5. The van der Waals surface area contributed by atoms with Crippen LogP contribution in [-0.2, 0) is 9.59 Å². The maximum Gasteiger partial charge on any atom is 0.311 e. The molecule has 1 amide bonds. The van der Waals surface area contributed by atoms with Gasteiger partial charge in [0, 0.05) is 24.6 Å². The molecule has 1 rings (SSSR count). The summed E-state index contributed by atoms with van der Waals surface area (Å²) in [4.78, 5) is 23.4. The Balaban J connectivity index is 2.22. The van der Waals surface area contributed by atoms with Crippen LogP contribution < -0.4 is 10.1 Å². The van der Waals surface area contributed by atoms with Gasteiger partial charge in [-0.15, -0.1) is 0 Å². The first kappa shape index (κ1) is 27.2. The lowest BCUT2D eigenvalue weighted by Crippen LogP contribution is -2.24. The van der Waals surface area contributed by atoms with Crippen LogP contribution in [0.1, 0.15) is 65.2 Å². The Labute approximate surface area is 183 Å². The van der Waals surface area contributed by atoms with E-state index < -0.39 is 47.2 Å². The Morgan fingerprint density at radius 3 is 2.06 bits per heavy atom. The number of hydrogen-bond acceptors (Lipinski definition) is 4. The van der Waals surface area contributed by atoms with E-state index in [9.17, 15) is 31.5 Å². The van der Waals surface area contributed by atoms with Crippen molar-refractivity contribution in [2.45, 2.75) is 70.5 Å². The Morgan fingerprint density at radius 1 is 0.871 bits per heavy atom. The van der Waals surface area contributed by atoms with E-state index in [0.29, 0.717) is 11.8 Å². The normalized spacial score (nSPS) is 12.0. The molecule has 0 spiro atoms. The van der Waals surface area contributed by atoms with Crippen molar-refractivity contribution >= 4 is 23.6 Å². The van der Waals surface area contributed by atoms with Crippen LogP contribution in [0.4, 0.5) is 22.0 Å². The minimum Gasteiger partial charge on any atom is -0.420 e. The maximum absolute atomic E-state index is 13.5. The quantitative estimate of drug-likeness (QED) is 0.0953. The van der Waals surface area contributed by atoms with Crippen LogP contribution in [0.15, 0.2) is 0 Å². The summed E-state index contributed by atoms with van der Waals surface area (Å²) in [6, 6.07) is 0. The highest BCUT2D eigenvalue weighted by Gasteiger charge is 2.28. The second-order valence-corrected chi connectivity index (χ2v) is 8.76. The average Bonchev–Trinajstić information content (AvgIpc) is 2.73. The summed E-state index contributed by atoms with van der Waals surface area (Å²) in [5, 5.41) is 3.37. The zero-order chi connectivity index (χ0) is 23.4. The highest BCUT2D eigenvalue weighted by Crippen LogP contribution is 2.29. The summed E-state index contributed by atoms with van der Waals surface area (Å²) in [6.45, 7) is 4.86. The van der Waals surface area contributed by atoms with Gasteiger partial charge in [0.25, 0.3) is 0 Å². The molecule has 0 aliphatic heterocycles. The molecule has 10 heteroatoms. The number of ether oxygens (including phenoxy) is 1. The average molecular weight is 470 g/mol. The predicted molar refractivity (Wildman–Crippen MR) is 109 cm³/mol. The Morgan fingerprint density at radius 2 is 1.45 bits per heavy atom. The van der Waals surface area contributed by atoms with Gasteiger partial charge in [-0.1, -0.05) is 33.1 Å². The van der Waals surface area contributed by atoms with E-state index in [1.807, 2.05) is 11.8 Å². The number of carbonyl (C=O) groups excluding carboxylic acids is 2. The minimum atomic E-state index is -2.34. The third-order valence-corrected chi connectivity index (χ3v) is 5.62. The zero-order valence-electron chi connectivity index (χ0n) is 17.7. The lowest BCUT2D eigenvalue weighted by Gasteiger charge is -2.09. The van der Waals surface area contributed by atoms with Gasteiger partial charge in [0.2, 0.25) is 40.7 Å². The number of amides is 1. The van der Waals surface area contributed by atoms with Gasteiger partial charge in [-0.25, -0.2) is 13.2 Å². The van der Waals surface area contributed by atoms with Crippen molar-refractivity contribution in [2.75, 3.05) is 12.3 Å². The van der Waals surface area contributed by atoms with Gasteiger partial charge in [0.15, 0.2) is 0 Å². The van der Waals surface area contributed by atoms with E-state index in [-0.39, 0.29) is 18.7 Å². The van der Waals surface area contributed by atoms with Crippen LogP contribution in [0.5, 0.6) is 5.75 Å². The summed E-state index contributed by atoms with van der Waals surface area (Å²) in [5.74, 6) is -13.2. The van der Waals surface area contributed by atoms with Gasteiger partial charge in [-0.3, -0.25) is 9.59 Å². The van der Waals surface area contributed by atoms with Crippen LogP contribution in [0.2, 0.25) is 0 Å². The summed E-state index contributed by atoms with van der Waals surface area (Å²) in [5.41, 5.74) is 0. The number of hydrogen-bond donors (Lipinski definition) is 1. The van der Waals surface area contributed by atoms with Crippen LogP contribution in [0.3, 0.4) is 0 Å². The number of carbonyl (C=O) groups is 2. The summed E-state index contributed by atoms with van der Waals surface area (Å²) < 4.78 is 70.4. The van der Waals surface area contributed by atoms with E-state index in [2.05, 4.69) is 23.9 Å². The lowest BCUT2D eigenvalue weighted by atomic mass is 10.1. The molecule has 0 fully saturated rings. The van der Waals surface area contributed by atoms with E-state index in [0.717, 1.165) is 31.4 Å². The molecule has 1 unspecified atom stereocenters. The van der Waals surface area contributed by atoms with Gasteiger partial charge in [0.1, 0.15) is 0 Å². The van der Waals surface area contributed by atoms with E-state index in [4.69, 9.17) is 0 Å². The zero-order valence-corrected chi connectivity index (χ0v) is 18.5. The Hall–Kier alpha value is -1.84. The Bertz CT molecular complexity index is 719. The molecule has 0 bridgehead atoms. The molecule has 1 atom stereocenters. The molecule has 0 aliphatic rings. The third-order valence-electron chi connectivity index (χ3n) is 4.48. The van der Waals surface area contributed by atoms with Crippen molar-refractivity contribution < 1.29 is 36.3 Å². The van der Waals surface area contributed by atoms with Crippen molar-refractivity contribution in [3.63, 3.8) is 0 Å². The first-order valence-electron chi connectivity index (χ1n) is 10.3. The molecule has 0 radical (unpaired) electrons. The molecule has 0 aromatic heterocycles. The number of rotatable bonds is 14. The summed E-state index contributed by atoms with van der Waals surface area (Å²) >= 11 is 1.94. The van der Waals surface area contributed by atoms with Gasteiger partial charge >= 0.3 is 5.97 Å². The maximum atomic E-state index is 13.5. The molecule has 1 aromatic rings. The molecule has 0 heterocycles. The highest BCUT2D eigenvalue weighted by atomic mass is 32.2. The van der Waals surface area contributed by atoms with Crippen molar-refractivity contribution in [3.05, 3.63) is 29.1 Å². The van der Waals surface area contributed by atoms with Gasteiger partial charge in [-0.2, -0.15) is 20.5 Å². The number of halogens is 5. The van der Waals surface area contributed by atoms with Gasteiger partial charge in [-0.05, 0) is 25.0 Å². The molecule has 0 aliphatic carbocycles. The fourth-order valence-corrected chi connectivity index (χ4v) is 3.73. The molecule has 4 nitrogen and oxygen atoms in total. The van der Waals surface area contributed by atoms with E-state index >= 15 is 0 Å². The second-order valence-electron chi connectivity index (χ2n) is 7.05. The highest BCUT2D eigenvalue weighted by molar-refractivity contribution is 7.99. The number of esters is 1. The minimum absolute atomic E-state index is 0.00699. The molecule has 0 saturated heterocycles. The first-order chi connectivity index (χ1) is 14.7. The summed E-state index contributed by atoms with van der Waals surface area (Å²) in [7, 11) is 0. The van der Waals surface area contributed by atoms with Crippen LogP contribution in [0, 0.1) is 29.1 Å². The van der Waals surface area contributed by atoms with Crippen molar-refractivity contribution in [3.8, 4) is 5.75 Å². The van der Waals surface area contributed by atoms with Crippen LogP contribution in [-0.4, -0.2) is 29.4 Å². The molecule has 176 valence electrons. The monoisotopic (exact) mass is 469 g/mol. The number of nitrogens with one attached hydrogen (secondary N) is 1. The van der Waals surface area contributed by atoms with E-state index in [1.165, 1.54) is 6.42 Å². The number of unbranched alkanes of at least 4 members (excludes halogenated alkanes) is 3. The number of thioether (sulfide) groups is 1. The fourth-order valence-electron chi connectivity index (χ4n) is 2.83. The predicted octanol–water partition coefficient (Wildman–Crippen LogP) is 5.67. The molecule has 1 N–H and O–H groups in total. The molecular formula is C21H28F5NO3S. The fraction of sp³-hybridized carbons (Fsp3) is 0.619. The molecule has 1 aromatic carbocycles. The van der Waals surface area contributed by atoms with E-state index in [1.54, 1.807) is 0 Å².